The van der Waals surface area contributed by atoms with Gasteiger partial charge in [0, 0.05) is 10.9 Å². The molecule has 0 aliphatic carbocycles. The number of nitrogens with zero attached hydrogens (tertiary/aromatic N) is 1. The first-order chi connectivity index (χ1) is 13.1. The van der Waals surface area contributed by atoms with Gasteiger partial charge in [0.15, 0.2) is 16.6 Å². The van der Waals surface area contributed by atoms with Gasteiger partial charge in [0.05, 0.1) is 22.2 Å². The van der Waals surface area contributed by atoms with E-state index in [0.29, 0.717) is 39.9 Å². The molecule has 0 bridgehead atoms. The van der Waals surface area contributed by atoms with Crippen molar-refractivity contribution in [2.45, 2.75) is 6.42 Å². The summed E-state index contributed by atoms with van der Waals surface area (Å²) in [6, 6.07) is 10.8. The number of benzene rings is 2. The van der Waals surface area contributed by atoms with Crippen LogP contribution in [0, 0.1) is 0 Å². The number of carbonyl (C=O) groups excluding carboxylic acids is 1. The Morgan fingerprint density at radius 1 is 1.07 bits per heavy atom. The van der Waals surface area contributed by atoms with E-state index in [2.05, 4.69) is 10.3 Å². The molecule has 0 radical (unpaired) electrons. The average molecular weight is 421 g/mol. The SMILES string of the molecule is O=C(Cc1ccc2c(c1)OCCO2)Nc1nc(-c2ccc(Cl)c(Cl)c2)cs1. The Morgan fingerprint density at radius 3 is 2.70 bits per heavy atom. The molecule has 4 rings (SSSR count). The van der Waals surface area contributed by atoms with E-state index in [4.69, 9.17) is 32.7 Å². The van der Waals surface area contributed by atoms with E-state index in [0.717, 1.165) is 16.8 Å². The number of aromatic nitrogens is 1. The molecule has 138 valence electrons. The number of thiazole rings is 1. The third-order valence-electron chi connectivity index (χ3n) is 3.94. The van der Waals surface area contributed by atoms with Gasteiger partial charge in [-0.05, 0) is 29.8 Å². The first-order valence-electron chi connectivity index (χ1n) is 8.18. The molecule has 5 nitrogen and oxygen atoms in total. The van der Waals surface area contributed by atoms with Crippen molar-refractivity contribution in [3.05, 3.63) is 57.4 Å². The van der Waals surface area contributed by atoms with Crippen LogP contribution in [-0.2, 0) is 11.2 Å². The van der Waals surface area contributed by atoms with E-state index in [-0.39, 0.29) is 12.3 Å². The van der Waals surface area contributed by atoms with Crippen LogP contribution in [0.3, 0.4) is 0 Å². The van der Waals surface area contributed by atoms with Gasteiger partial charge < -0.3 is 14.8 Å². The van der Waals surface area contributed by atoms with Gasteiger partial charge >= 0.3 is 0 Å². The summed E-state index contributed by atoms with van der Waals surface area (Å²) < 4.78 is 11.0. The second kappa shape index (κ2) is 7.76. The summed E-state index contributed by atoms with van der Waals surface area (Å²) >= 11 is 13.3. The zero-order chi connectivity index (χ0) is 18.8. The minimum Gasteiger partial charge on any atom is -0.486 e. The number of halogens is 2. The molecule has 0 spiro atoms. The highest BCUT2D eigenvalue weighted by Gasteiger charge is 2.14. The molecule has 1 amide bonds. The fraction of sp³-hybridized carbons (Fsp3) is 0.158. The molecule has 0 atom stereocenters. The fourth-order valence-corrected chi connectivity index (χ4v) is 3.70. The van der Waals surface area contributed by atoms with Gasteiger partial charge in [-0.2, -0.15) is 0 Å². The highest BCUT2D eigenvalue weighted by molar-refractivity contribution is 7.14. The molecular weight excluding hydrogens is 407 g/mol. The Hall–Kier alpha value is -2.28. The molecule has 0 unspecified atom stereocenters. The summed E-state index contributed by atoms with van der Waals surface area (Å²) in [6.07, 6.45) is 0.221. The minimum absolute atomic E-state index is 0.151. The molecule has 1 aliphatic heterocycles. The van der Waals surface area contributed by atoms with Gasteiger partial charge in [-0.3, -0.25) is 4.79 Å². The van der Waals surface area contributed by atoms with Gasteiger partial charge in [0.2, 0.25) is 5.91 Å². The summed E-state index contributed by atoms with van der Waals surface area (Å²) in [5.74, 6) is 1.22. The largest absolute Gasteiger partial charge is 0.486 e. The number of amides is 1. The summed E-state index contributed by atoms with van der Waals surface area (Å²) in [6.45, 7) is 1.05. The molecule has 2 heterocycles. The molecule has 2 aromatic carbocycles. The Kier molecular flexibility index (Phi) is 5.20. The van der Waals surface area contributed by atoms with E-state index in [1.807, 2.05) is 29.6 Å². The zero-order valence-electron chi connectivity index (χ0n) is 14.0. The van der Waals surface area contributed by atoms with Crippen LogP contribution in [0.5, 0.6) is 11.5 Å². The molecular formula is C19H14Cl2N2O3S. The number of anilines is 1. The Bertz CT molecular complexity index is 1010. The predicted octanol–water partition coefficient (Wildman–Crippen LogP) is 5.07. The molecule has 3 aromatic rings. The van der Waals surface area contributed by atoms with Gasteiger partial charge in [-0.25, -0.2) is 4.98 Å². The monoisotopic (exact) mass is 420 g/mol. The maximum absolute atomic E-state index is 12.3. The van der Waals surface area contributed by atoms with Gasteiger partial charge in [0.25, 0.3) is 0 Å². The van der Waals surface area contributed by atoms with Crippen LogP contribution >= 0.6 is 34.5 Å². The molecule has 27 heavy (non-hydrogen) atoms. The quantitative estimate of drug-likeness (QED) is 0.639. The molecule has 0 saturated carbocycles. The lowest BCUT2D eigenvalue weighted by Crippen LogP contribution is -2.17. The molecule has 1 aliphatic rings. The second-order valence-electron chi connectivity index (χ2n) is 5.87. The topological polar surface area (TPSA) is 60.5 Å². The minimum atomic E-state index is -0.151. The fourth-order valence-electron chi connectivity index (χ4n) is 2.67. The number of hydrogen-bond donors (Lipinski definition) is 1. The summed E-state index contributed by atoms with van der Waals surface area (Å²) in [4.78, 5) is 16.8. The lowest BCUT2D eigenvalue weighted by atomic mass is 10.1. The predicted molar refractivity (Wildman–Crippen MR) is 107 cm³/mol. The highest BCUT2D eigenvalue weighted by Crippen LogP contribution is 2.32. The van der Waals surface area contributed by atoms with Crippen molar-refractivity contribution < 1.29 is 14.3 Å². The van der Waals surface area contributed by atoms with Gasteiger partial charge in [0.1, 0.15) is 13.2 Å². The van der Waals surface area contributed by atoms with E-state index in [1.165, 1.54) is 11.3 Å². The number of carbonyl (C=O) groups is 1. The molecule has 0 fully saturated rings. The normalized spacial score (nSPS) is 12.7. The van der Waals surface area contributed by atoms with Crippen LogP contribution < -0.4 is 14.8 Å². The summed E-state index contributed by atoms with van der Waals surface area (Å²) in [7, 11) is 0. The van der Waals surface area contributed by atoms with Crippen molar-refractivity contribution in [3.8, 4) is 22.8 Å². The number of nitrogens with one attached hydrogen (secondary N) is 1. The van der Waals surface area contributed by atoms with Crippen molar-refractivity contribution in [3.63, 3.8) is 0 Å². The third kappa shape index (κ3) is 4.18. The zero-order valence-corrected chi connectivity index (χ0v) is 16.3. The van der Waals surface area contributed by atoms with Crippen LogP contribution in [0.4, 0.5) is 5.13 Å². The Balaban J connectivity index is 1.43. The first-order valence-corrected chi connectivity index (χ1v) is 9.81. The molecule has 0 saturated heterocycles. The maximum atomic E-state index is 12.3. The highest BCUT2D eigenvalue weighted by atomic mass is 35.5. The maximum Gasteiger partial charge on any atom is 0.230 e. The van der Waals surface area contributed by atoms with E-state index in [9.17, 15) is 4.79 Å². The number of fused-ring (bicyclic) bond motifs is 1. The van der Waals surface area contributed by atoms with Gasteiger partial charge in [-0.15, -0.1) is 11.3 Å². The first kappa shape index (κ1) is 18.1. The lowest BCUT2D eigenvalue weighted by molar-refractivity contribution is -0.115. The van der Waals surface area contributed by atoms with Gasteiger partial charge in [-0.1, -0.05) is 35.3 Å². The lowest BCUT2D eigenvalue weighted by Gasteiger charge is -2.18. The number of ether oxygens (including phenoxy) is 2. The van der Waals surface area contributed by atoms with Crippen molar-refractivity contribution in [2.24, 2.45) is 0 Å². The van der Waals surface area contributed by atoms with Crippen LogP contribution in [0.2, 0.25) is 10.0 Å². The van der Waals surface area contributed by atoms with E-state index in [1.54, 1.807) is 12.1 Å². The van der Waals surface area contributed by atoms with Crippen LogP contribution in [0.1, 0.15) is 5.56 Å². The summed E-state index contributed by atoms with van der Waals surface area (Å²) in [5.41, 5.74) is 2.42. The molecule has 1 N–H and O–H groups in total. The van der Waals surface area contributed by atoms with Crippen LogP contribution in [0.25, 0.3) is 11.3 Å². The standard InChI is InChI=1S/C19H14Cl2N2O3S/c20-13-3-2-12(9-14(13)21)15-10-27-19(22-15)23-18(24)8-11-1-4-16-17(7-11)26-6-5-25-16/h1-4,7,9-10H,5-6,8H2,(H,22,23,24). The number of hydrogen-bond acceptors (Lipinski definition) is 5. The molecule has 8 heteroatoms. The van der Waals surface area contributed by atoms with Crippen LogP contribution in [0.15, 0.2) is 41.8 Å². The molecule has 1 aromatic heterocycles. The number of rotatable bonds is 4. The average Bonchev–Trinajstić information content (AvgIpc) is 3.12. The van der Waals surface area contributed by atoms with Crippen molar-refractivity contribution in [2.75, 3.05) is 18.5 Å². The Labute approximate surface area is 169 Å². The van der Waals surface area contributed by atoms with Crippen molar-refractivity contribution in [1.82, 2.24) is 4.98 Å². The van der Waals surface area contributed by atoms with Crippen LogP contribution in [-0.4, -0.2) is 24.1 Å². The third-order valence-corrected chi connectivity index (χ3v) is 5.43. The van der Waals surface area contributed by atoms with E-state index < -0.39 is 0 Å². The van der Waals surface area contributed by atoms with Crippen molar-refractivity contribution in [1.29, 1.82) is 0 Å². The smallest absolute Gasteiger partial charge is 0.230 e. The van der Waals surface area contributed by atoms with E-state index >= 15 is 0 Å². The Morgan fingerprint density at radius 2 is 1.89 bits per heavy atom. The summed E-state index contributed by atoms with van der Waals surface area (Å²) in [5, 5.41) is 6.16. The second-order valence-corrected chi connectivity index (χ2v) is 7.54. The van der Waals surface area contributed by atoms with Crippen molar-refractivity contribution >= 4 is 45.6 Å².